The number of hydrogen-bond acceptors (Lipinski definition) is 1. The van der Waals surface area contributed by atoms with Crippen molar-refractivity contribution in [1.29, 1.82) is 0 Å². The Kier molecular flexibility index (Phi) is 5.44. The molecule has 0 fully saturated rings. The molecule has 0 amide bonds. The standard InChI is InChI=1S/C13H23N/c1-9(2)8-13(11(5)6)14-12(7)10(3)4/h8,10-11H,1H2,2-7H3/b13-8-,14-12?. The molecule has 0 atom stereocenters. The van der Waals surface area contributed by atoms with Crippen molar-refractivity contribution >= 4 is 5.71 Å². The summed E-state index contributed by atoms with van der Waals surface area (Å²) in [6.45, 7) is 16.6. The van der Waals surface area contributed by atoms with E-state index < -0.39 is 0 Å². The molecule has 0 heterocycles. The molecule has 0 saturated heterocycles. The number of nitrogens with zero attached hydrogens (tertiary/aromatic N) is 1. The third kappa shape index (κ3) is 5.00. The maximum absolute atomic E-state index is 4.63. The second-order valence-electron chi connectivity index (χ2n) is 4.48. The van der Waals surface area contributed by atoms with Crippen LogP contribution in [0.1, 0.15) is 41.5 Å². The van der Waals surface area contributed by atoms with Crippen LogP contribution in [0.4, 0.5) is 0 Å². The van der Waals surface area contributed by atoms with Crippen LogP contribution in [-0.2, 0) is 0 Å². The van der Waals surface area contributed by atoms with E-state index in [1.165, 1.54) is 5.71 Å². The maximum atomic E-state index is 4.63. The molecule has 0 N–H and O–H groups in total. The van der Waals surface area contributed by atoms with E-state index in [-0.39, 0.29) is 0 Å². The van der Waals surface area contributed by atoms with E-state index in [9.17, 15) is 0 Å². The first-order valence-electron chi connectivity index (χ1n) is 5.26. The first-order chi connectivity index (χ1) is 6.34. The van der Waals surface area contributed by atoms with Gasteiger partial charge in [0.25, 0.3) is 0 Å². The zero-order valence-corrected chi connectivity index (χ0v) is 10.4. The lowest BCUT2D eigenvalue weighted by atomic mass is 10.1. The van der Waals surface area contributed by atoms with Crippen LogP contribution in [-0.4, -0.2) is 5.71 Å². The highest BCUT2D eigenvalue weighted by molar-refractivity contribution is 5.84. The van der Waals surface area contributed by atoms with E-state index in [1.807, 2.05) is 6.92 Å². The Morgan fingerprint density at radius 3 is 1.86 bits per heavy atom. The van der Waals surface area contributed by atoms with Gasteiger partial charge in [-0.05, 0) is 31.8 Å². The largest absolute Gasteiger partial charge is 0.262 e. The van der Waals surface area contributed by atoms with E-state index in [2.05, 4.69) is 52.3 Å². The summed E-state index contributed by atoms with van der Waals surface area (Å²) in [4.78, 5) is 4.63. The predicted molar refractivity (Wildman–Crippen MR) is 65.7 cm³/mol. The highest BCUT2D eigenvalue weighted by atomic mass is 14.8. The average Bonchev–Trinajstić information content (AvgIpc) is 2.01. The van der Waals surface area contributed by atoms with Gasteiger partial charge in [-0.15, -0.1) is 0 Å². The summed E-state index contributed by atoms with van der Waals surface area (Å²) < 4.78 is 0. The molecule has 0 aliphatic rings. The van der Waals surface area contributed by atoms with Gasteiger partial charge in [-0.1, -0.05) is 39.8 Å². The van der Waals surface area contributed by atoms with Gasteiger partial charge in [0.2, 0.25) is 0 Å². The lowest BCUT2D eigenvalue weighted by Crippen LogP contribution is -2.04. The zero-order chi connectivity index (χ0) is 11.3. The fraction of sp³-hybridized carbons (Fsp3) is 0.615. The van der Waals surface area contributed by atoms with Gasteiger partial charge in [0, 0.05) is 11.4 Å². The van der Waals surface area contributed by atoms with Gasteiger partial charge in [0.1, 0.15) is 0 Å². The molecule has 0 aliphatic heterocycles. The van der Waals surface area contributed by atoms with Crippen LogP contribution >= 0.6 is 0 Å². The molecule has 14 heavy (non-hydrogen) atoms. The molecule has 0 aromatic carbocycles. The Hall–Kier alpha value is -0.850. The number of aliphatic imine (C=N–C) groups is 1. The van der Waals surface area contributed by atoms with Crippen LogP contribution < -0.4 is 0 Å². The Morgan fingerprint density at radius 1 is 1.07 bits per heavy atom. The molecule has 0 aromatic heterocycles. The minimum absolute atomic E-state index is 0.459. The van der Waals surface area contributed by atoms with E-state index >= 15 is 0 Å². The van der Waals surface area contributed by atoms with Crippen LogP contribution in [0.3, 0.4) is 0 Å². The van der Waals surface area contributed by atoms with Crippen molar-refractivity contribution in [2.75, 3.05) is 0 Å². The molecule has 0 aromatic rings. The highest BCUT2D eigenvalue weighted by Crippen LogP contribution is 2.15. The van der Waals surface area contributed by atoms with Gasteiger partial charge < -0.3 is 0 Å². The van der Waals surface area contributed by atoms with Crippen molar-refractivity contribution in [2.24, 2.45) is 16.8 Å². The Bertz CT molecular complexity index is 254. The summed E-state index contributed by atoms with van der Waals surface area (Å²) in [6, 6.07) is 0. The normalized spacial score (nSPS) is 14.0. The molecular formula is C13H23N. The highest BCUT2D eigenvalue weighted by Gasteiger charge is 2.04. The Balaban J connectivity index is 4.87. The molecule has 0 spiro atoms. The van der Waals surface area contributed by atoms with Gasteiger partial charge in [0.15, 0.2) is 0 Å². The van der Waals surface area contributed by atoms with Gasteiger partial charge >= 0.3 is 0 Å². The van der Waals surface area contributed by atoms with Gasteiger partial charge in [-0.3, -0.25) is 4.99 Å². The van der Waals surface area contributed by atoms with Gasteiger partial charge in [-0.25, -0.2) is 0 Å². The summed E-state index contributed by atoms with van der Waals surface area (Å²) in [5.41, 5.74) is 3.38. The molecule has 0 rings (SSSR count). The van der Waals surface area contributed by atoms with Crippen LogP contribution in [0.25, 0.3) is 0 Å². The molecule has 80 valence electrons. The molecule has 0 radical (unpaired) electrons. The number of allylic oxidation sites excluding steroid dienone is 3. The predicted octanol–water partition coefficient (Wildman–Crippen LogP) is 4.22. The van der Waals surface area contributed by atoms with Crippen molar-refractivity contribution in [3.8, 4) is 0 Å². The van der Waals surface area contributed by atoms with Crippen LogP contribution in [0.5, 0.6) is 0 Å². The topological polar surface area (TPSA) is 12.4 Å². The van der Waals surface area contributed by atoms with E-state index in [0.717, 1.165) is 11.3 Å². The summed E-state index contributed by atoms with van der Waals surface area (Å²) in [6.07, 6.45) is 2.07. The fourth-order valence-electron chi connectivity index (χ4n) is 0.913. The average molecular weight is 193 g/mol. The molecule has 0 unspecified atom stereocenters. The van der Waals surface area contributed by atoms with E-state index in [4.69, 9.17) is 0 Å². The molecule has 0 aliphatic carbocycles. The summed E-state index contributed by atoms with van der Waals surface area (Å²) in [5.74, 6) is 0.975. The lowest BCUT2D eigenvalue weighted by molar-refractivity contribution is 0.749. The molecule has 0 bridgehead atoms. The maximum Gasteiger partial charge on any atom is 0.0430 e. The van der Waals surface area contributed by atoms with Crippen molar-refractivity contribution in [3.63, 3.8) is 0 Å². The van der Waals surface area contributed by atoms with E-state index in [0.29, 0.717) is 11.8 Å². The molecular weight excluding hydrogens is 170 g/mol. The first-order valence-corrected chi connectivity index (χ1v) is 5.26. The van der Waals surface area contributed by atoms with Crippen LogP contribution in [0.2, 0.25) is 0 Å². The van der Waals surface area contributed by atoms with Crippen molar-refractivity contribution < 1.29 is 0 Å². The third-order valence-corrected chi connectivity index (χ3v) is 2.13. The van der Waals surface area contributed by atoms with Crippen molar-refractivity contribution in [3.05, 3.63) is 23.9 Å². The Morgan fingerprint density at radius 2 is 1.57 bits per heavy atom. The Labute approximate surface area is 88.6 Å². The molecule has 0 saturated carbocycles. The van der Waals surface area contributed by atoms with Crippen molar-refractivity contribution in [1.82, 2.24) is 0 Å². The van der Waals surface area contributed by atoms with Crippen LogP contribution in [0.15, 0.2) is 28.9 Å². The fourth-order valence-corrected chi connectivity index (χ4v) is 0.913. The summed E-state index contributed by atoms with van der Waals surface area (Å²) in [5, 5.41) is 0. The van der Waals surface area contributed by atoms with Crippen molar-refractivity contribution in [2.45, 2.75) is 41.5 Å². The van der Waals surface area contributed by atoms with Gasteiger partial charge in [-0.2, -0.15) is 0 Å². The SMILES string of the molecule is C=C(C)/C=C(\N=C(C)C(C)C)C(C)C. The smallest absolute Gasteiger partial charge is 0.0430 e. The minimum atomic E-state index is 0.459. The second kappa shape index (κ2) is 5.79. The quantitative estimate of drug-likeness (QED) is 0.468. The molecule has 1 heteroatoms. The van der Waals surface area contributed by atoms with E-state index in [1.54, 1.807) is 0 Å². The number of rotatable bonds is 4. The summed E-state index contributed by atoms with van der Waals surface area (Å²) >= 11 is 0. The number of hydrogen-bond donors (Lipinski definition) is 0. The summed E-state index contributed by atoms with van der Waals surface area (Å²) in [7, 11) is 0. The first kappa shape index (κ1) is 13.2. The van der Waals surface area contributed by atoms with Crippen LogP contribution in [0, 0.1) is 11.8 Å². The third-order valence-electron chi connectivity index (χ3n) is 2.13. The second-order valence-corrected chi connectivity index (χ2v) is 4.48. The monoisotopic (exact) mass is 193 g/mol. The minimum Gasteiger partial charge on any atom is -0.262 e. The molecule has 1 nitrogen and oxygen atoms in total. The lowest BCUT2D eigenvalue weighted by Gasteiger charge is -2.10. The van der Waals surface area contributed by atoms with Gasteiger partial charge in [0.05, 0.1) is 0 Å². The zero-order valence-electron chi connectivity index (χ0n) is 10.4.